The van der Waals surface area contributed by atoms with Gasteiger partial charge in [0.25, 0.3) is 5.91 Å². The maximum absolute atomic E-state index is 13.8. The van der Waals surface area contributed by atoms with Gasteiger partial charge in [-0.3, -0.25) is 4.79 Å². The van der Waals surface area contributed by atoms with E-state index in [0.29, 0.717) is 23.6 Å². The summed E-state index contributed by atoms with van der Waals surface area (Å²) >= 11 is 0. The molecule has 0 radical (unpaired) electrons. The number of aliphatic imine (C=N–C) groups is 1. The van der Waals surface area contributed by atoms with Crippen LogP contribution in [-0.2, 0) is 0 Å². The van der Waals surface area contributed by atoms with Crippen LogP contribution in [0.4, 0.5) is 11.5 Å². The van der Waals surface area contributed by atoms with Crippen molar-refractivity contribution in [3.05, 3.63) is 52.8 Å². The lowest BCUT2D eigenvalue weighted by atomic mass is 9.97. The van der Waals surface area contributed by atoms with E-state index in [0.717, 1.165) is 67.1 Å². The van der Waals surface area contributed by atoms with E-state index in [1.54, 1.807) is 6.92 Å². The third kappa shape index (κ3) is 4.60. The predicted molar refractivity (Wildman–Crippen MR) is 138 cm³/mol. The van der Waals surface area contributed by atoms with Crippen molar-refractivity contribution in [2.75, 3.05) is 24.5 Å². The minimum atomic E-state index is -0.113. The number of fused-ring (bicyclic) bond motifs is 1. The highest BCUT2D eigenvalue weighted by Gasteiger charge is 2.32. The fraction of sp³-hybridized carbons (Fsp3) is 0.462. The highest BCUT2D eigenvalue weighted by atomic mass is 16.2. The fourth-order valence-electron chi connectivity index (χ4n) is 5.23. The first-order chi connectivity index (χ1) is 16.8. The first-order valence-electron chi connectivity index (χ1n) is 12.4. The van der Waals surface area contributed by atoms with Gasteiger partial charge in [0, 0.05) is 43.5 Å². The summed E-state index contributed by atoms with van der Waals surface area (Å²) < 4.78 is 1.83. The number of nitrogens with two attached hydrogens (primary N) is 2. The van der Waals surface area contributed by atoms with Crippen LogP contribution in [0.3, 0.4) is 0 Å². The molecule has 4 heterocycles. The van der Waals surface area contributed by atoms with E-state index in [2.05, 4.69) is 16.8 Å². The molecule has 3 aromatic rings. The van der Waals surface area contributed by atoms with E-state index in [-0.39, 0.29) is 18.0 Å². The van der Waals surface area contributed by atoms with Crippen molar-refractivity contribution in [3.8, 4) is 0 Å². The lowest BCUT2D eigenvalue weighted by Crippen LogP contribution is -2.38. The number of amides is 1. The zero-order valence-corrected chi connectivity index (χ0v) is 20.7. The van der Waals surface area contributed by atoms with Gasteiger partial charge in [0.2, 0.25) is 0 Å². The maximum Gasteiger partial charge on any atom is 0.256 e. The molecule has 2 unspecified atom stereocenters. The average molecular weight is 475 g/mol. The van der Waals surface area contributed by atoms with Gasteiger partial charge in [0.05, 0.1) is 28.8 Å². The molecule has 1 aromatic carbocycles. The molecule has 2 saturated heterocycles. The van der Waals surface area contributed by atoms with Gasteiger partial charge in [-0.05, 0) is 58.6 Å². The molecule has 5 rings (SSSR count). The van der Waals surface area contributed by atoms with Crippen LogP contribution in [0, 0.1) is 13.8 Å². The molecule has 1 amide bonds. The van der Waals surface area contributed by atoms with E-state index in [9.17, 15) is 4.79 Å². The van der Waals surface area contributed by atoms with Crippen LogP contribution in [0.25, 0.3) is 5.65 Å². The minimum absolute atomic E-state index is 0.0358. The molecular weight excluding hydrogens is 440 g/mol. The van der Waals surface area contributed by atoms with Crippen LogP contribution in [0.15, 0.2) is 35.5 Å². The average Bonchev–Trinajstić information content (AvgIpc) is 3.44. The Morgan fingerprint density at radius 3 is 2.71 bits per heavy atom. The molecule has 0 saturated carbocycles. The fourth-order valence-corrected chi connectivity index (χ4v) is 5.23. The van der Waals surface area contributed by atoms with E-state index in [1.165, 1.54) is 0 Å². The van der Waals surface area contributed by atoms with Gasteiger partial charge in [-0.1, -0.05) is 11.6 Å². The Kier molecular flexibility index (Phi) is 6.19. The van der Waals surface area contributed by atoms with Crippen molar-refractivity contribution in [2.45, 2.75) is 58.5 Å². The van der Waals surface area contributed by atoms with E-state index in [4.69, 9.17) is 21.5 Å². The second-order valence-corrected chi connectivity index (χ2v) is 9.90. The van der Waals surface area contributed by atoms with Crippen LogP contribution >= 0.6 is 0 Å². The molecule has 2 aromatic heterocycles. The number of hydrogen-bond acceptors (Lipinski definition) is 6. The summed E-state index contributed by atoms with van der Waals surface area (Å²) in [4.78, 5) is 27.4. The molecule has 35 heavy (non-hydrogen) atoms. The number of aromatic nitrogens is 3. The molecule has 0 spiro atoms. The Morgan fingerprint density at radius 2 is 1.97 bits per heavy atom. The minimum Gasteiger partial charge on any atom is -0.387 e. The molecule has 2 aliphatic heterocycles. The number of anilines is 1. The Bertz CT molecular complexity index is 1290. The first kappa shape index (κ1) is 23.3. The molecule has 2 atom stereocenters. The number of rotatable bonds is 4. The Hall–Kier alpha value is -3.46. The normalized spacial score (nSPS) is 21.2. The lowest BCUT2D eigenvalue weighted by molar-refractivity contribution is 0.0606. The molecule has 2 fully saturated rings. The van der Waals surface area contributed by atoms with Gasteiger partial charge < -0.3 is 21.3 Å². The molecule has 0 aliphatic carbocycles. The highest BCUT2D eigenvalue weighted by molar-refractivity contribution is 6.00. The number of likely N-dealkylation sites (tertiary alicyclic amines) is 1. The maximum atomic E-state index is 13.8. The Morgan fingerprint density at radius 1 is 1.14 bits per heavy atom. The van der Waals surface area contributed by atoms with E-state index in [1.807, 2.05) is 46.8 Å². The van der Waals surface area contributed by atoms with Gasteiger partial charge in [-0.2, -0.15) is 5.10 Å². The molecule has 9 nitrogen and oxygen atoms in total. The van der Waals surface area contributed by atoms with E-state index >= 15 is 0 Å². The molecule has 0 bridgehead atoms. The Labute approximate surface area is 205 Å². The summed E-state index contributed by atoms with van der Waals surface area (Å²) in [6.07, 6.45) is 5.88. The van der Waals surface area contributed by atoms with Crippen molar-refractivity contribution in [1.29, 1.82) is 0 Å². The topological polar surface area (TPSA) is 118 Å². The summed E-state index contributed by atoms with van der Waals surface area (Å²) in [5.41, 5.74) is 16.9. The van der Waals surface area contributed by atoms with Crippen LogP contribution in [0.5, 0.6) is 0 Å². The summed E-state index contributed by atoms with van der Waals surface area (Å²) in [6, 6.07) is 7.81. The predicted octanol–water partition coefficient (Wildman–Crippen LogP) is 3.26. The molecule has 9 heteroatoms. The number of amidine groups is 1. The van der Waals surface area contributed by atoms with E-state index < -0.39 is 0 Å². The standard InChI is InChI=1S/C26H34N8O/c1-16-7-8-21(29-18(3)27)20(12-16)26(35)33-10-5-4-6-23(33)22-13-24-30-25(17(2)14-34(24)31-22)32-11-9-19(28)15-32/h7-8,12-14,19,23H,4-6,9-11,15,28H2,1-3H3,(H2,27,29). The molecule has 2 aliphatic rings. The van der Waals surface area contributed by atoms with Gasteiger partial charge in [-0.15, -0.1) is 0 Å². The van der Waals surface area contributed by atoms with Gasteiger partial charge in [0.15, 0.2) is 5.65 Å². The van der Waals surface area contributed by atoms with Crippen LogP contribution in [0.2, 0.25) is 0 Å². The van der Waals surface area contributed by atoms with Gasteiger partial charge in [0.1, 0.15) is 5.82 Å². The molecule has 4 N–H and O–H groups in total. The van der Waals surface area contributed by atoms with Crippen molar-refractivity contribution < 1.29 is 4.79 Å². The van der Waals surface area contributed by atoms with Crippen LogP contribution in [0.1, 0.15) is 65.8 Å². The second kappa shape index (κ2) is 9.30. The number of carbonyl (C=O) groups is 1. The van der Waals surface area contributed by atoms with Gasteiger partial charge in [-0.25, -0.2) is 14.5 Å². The molecular formula is C26H34N8O. The number of benzene rings is 1. The number of aryl methyl sites for hydroxylation is 2. The summed E-state index contributed by atoms with van der Waals surface area (Å²) in [6.45, 7) is 8.18. The summed E-state index contributed by atoms with van der Waals surface area (Å²) in [5.74, 6) is 1.36. The third-order valence-corrected chi connectivity index (χ3v) is 6.93. The largest absolute Gasteiger partial charge is 0.387 e. The van der Waals surface area contributed by atoms with Gasteiger partial charge >= 0.3 is 0 Å². The lowest BCUT2D eigenvalue weighted by Gasteiger charge is -2.35. The van der Waals surface area contributed by atoms with Crippen molar-refractivity contribution >= 4 is 28.9 Å². The zero-order chi connectivity index (χ0) is 24.7. The SMILES string of the molecule is CC(N)=Nc1ccc(C)cc1C(=O)N1CCCCC1c1cc2nc(N3CCC(N)C3)c(C)cn2n1. The third-order valence-electron chi connectivity index (χ3n) is 6.93. The first-order valence-corrected chi connectivity index (χ1v) is 12.4. The van der Waals surface area contributed by atoms with Crippen LogP contribution in [-0.4, -0.2) is 56.9 Å². The number of piperidine rings is 1. The smallest absolute Gasteiger partial charge is 0.256 e. The van der Waals surface area contributed by atoms with Crippen molar-refractivity contribution in [2.24, 2.45) is 16.5 Å². The quantitative estimate of drug-likeness (QED) is 0.443. The number of carbonyl (C=O) groups excluding carboxylic acids is 1. The number of hydrogen-bond donors (Lipinski definition) is 2. The Balaban J connectivity index is 1.49. The monoisotopic (exact) mass is 474 g/mol. The molecule has 184 valence electrons. The summed E-state index contributed by atoms with van der Waals surface area (Å²) in [5, 5.41) is 4.86. The van der Waals surface area contributed by atoms with Crippen molar-refractivity contribution in [3.63, 3.8) is 0 Å². The number of nitrogens with zero attached hydrogens (tertiary/aromatic N) is 6. The second-order valence-electron chi connectivity index (χ2n) is 9.90. The zero-order valence-electron chi connectivity index (χ0n) is 20.7. The summed E-state index contributed by atoms with van der Waals surface area (Å²) in [7, 11) is 0. The van der Waals surface area contributed by atoms with Crippen molar-refractivity contribution in [1.82, 2.24) is 19.5 Å². The van der Waals surface area contributed by atoms with Crippen LogP contribution < -0.4 is 16.4 Å². The highest BCUT2D eigenvalue weighted by Crippen LogP contribution is 2.34.